The third-order valence-corrected chi connectivity index (χ3v) is 8.93. The Hall–Kier alpha value is -4.34. The minimum absolute atomic E-state index is 0.00614. The molecule has 10 heteroatoms. The number of benzene rings is 4. The van der Waals surface area contributed by atoms with E-state index in [-0.39, 0.29) is 34.5 Å². The van der Waals surface area contributed by atoms with Crippen LogP contribution in [0, 0.1) is 0 Å². The van der Waals surface area contributed by atoms with Crippen LogP contribution in [0.3, 0.4) is 0 Å². The largest absolute Gasteiger partial charge is 0.497 e. The number of rotatable bonds is 13. The minimum atomic E-state index is -4.22. The van der Waals surface area contributed by atoms with Crippen LogP contribution in [0.2, 0.25) is 5.02 Å². The van der Waals surface area contributed by atoms with E-state index in [1.165, 1.54) is 17.0 Å². The molecular formula is C33H34ClN3O5S. The normalized spacial score (nSPS) is 11.8. The first-order valence-corrected chi connectivity index (χ1v) is 15.6. The van der Waals surface area contributed by atoms with Crippen LogP contribution >= 0.6 is 11.6 Å². The highest BCUT2D eigenvalue weighted by molar-refractivity contribution is 7.92. The van der Waals surface area contributed by atoms with E-state index in [1.807, 2.05) is 36.4 Å². The molecule has 0 fully saturated rings. The minimum Gasteiger partial charge on any atom is -0.497 e. The van der Waals surface area contributed by atoms with Crippen LogP contribution in [0.15, 0.2) is 114 Å². The molecule has 0 spiro atoms. The van der Waals surface area contributed by atoms with Gasteiger partial charge >= 0.3 is 0 Å². The summed E-state index contributed by atoms with van der Waals surface area (Å²) < 4.78 is 34.4. The molecule has 0 saturated heterocycles. The number of para-hydroxylation sites is 1. The molecule has 2 amide bonds. The van der Waals surface area contributed by atoms with Gasteiger partial charge in [0.25, 0.3) is 10.0 Å². The Kier molecular flexibility index (Phi) is 10.8. The lowest BCUT2D eigenvalue weighted by Gasteiger charge is -2.34. The molecule has 43 heavy (non-hydrogen) atoms. The summed E-state index contributed by atoms with van der Waals surface area (Å²) in [6.07, 6.45) is 0.222. The van der Waals surface area contributed by atoms with E-state index in [0.717, 1.165) is 9.87 Å². The third kappa shape index (κ3) is 7.94. The highest BCUT2D eigenvalue weighted by Gasteiger charge is 2.35. The predicted octanol–water partition coefficient (Wildman–Crippen LogP) is 5.32. The highest BCUT2D eigenvalue weighted by Crippen LogP contribution is 2.31. The Bertz CT molecular complexity index is 1630. The first-order chi connectivity index (χ1) is 20.7. The second-order valence-corrected chi connectivity index (χ2v) is 12.0. The number of hydrogen-bond donors (Lipinski definition) is 1. The molecule has 1 N–H and O–H groups in total. The van der Waals surface area contributed by atoms with E-state index in [1.54, 1.807) is 74.7 Å². The van der Waals surface area contributed by atoms with E-state index in [4.69, 9.17) is 16.3 Å². The number of carbonyl (C=O) groups is 2. The van der Waals surface area contributed by atoms with Gasteiger partial charge in [-0.05, 0) is 54.4 Å². The fourth-order valence-corrected chi connectivity index (χ4v) is 6.44. The van der Waals surface area contributed by atoms with Crippen molar-refractivity contribution in [2.75, 3.05) is 24.5 Å². The monoisotopic (exact) mass is 619 g/mol. The number of likely N-dealkylation sites (N-methyl/N-ethyl adjacent to an activating group) is 1. The van der Waals surface area contributed by atoms with Crippen LogP contribution in [-0.2, 0) is 32.6 Å². The Balaban J connectivity index is 1.81. The number of carbonyl (C=O) groups excluding carboxylic acids is 2. The molecule has 0 unspecified atom stereocenters. The summed E-state index contributed by atoms with van der Waals surface area (Å²) in [7, 11) is -2.68. The van der Waals surface area contributed by atoms with Gasteiger partial charge in [0.15, 0.2) is 0 Å². The van der Waals surface area contributed by atoms with E-state index < -0.39 is 28.5 Å². The van der Waals surface area contributed by atoms with Crippen LogP contribution in [0.4, 0.5) is 5.69 Å². The zero-order valence-corrected chi connectivity index (χ0v) is 25.6. The second kappa shape index (κ2) is 14.7. The molecule has 224 valence electrons. The number of sulfonamides is 1. The molecule has 4 rings (SSSR count). The van der Waals surface area contributed by atoms with Crippen molar-refractivity contribution >= 4 is 39.1 Å². The highest BCUT2D eigenvalue weighted by atomic mass is 35.5. The van der Waals surface area contributed by atoms with Crippen LogP contribution in [0.5, 0.6) is 5.75 Å². The maximum atomic E-state index is 14.4. The quantitative estimate of drug-likeness (QED) is 0.219. The summed E-state index contributed by atoms with van der Waals surface area (Å²) >= 11 is 6.49. The number of nitrogens with zero attached hydrogens (tertiary/aromatic N) is 2. The van der Waals surface area contributed by atoms with Crippen molar-refractivity contribution < 1.29 is 22.7 Å². The van der Waals surface area contributed by atoms with E-state index in [9.17, 15) is 18.0 Å². The molecule has 1 atom stereocenters. The van der Waals surface area contributed by atoms with Gasteiger partial charge in [0.1, 0.15) is 18.3 Å². The molecule has 4 aromatic rings. The van der Waals surface area contributed by atoms with Crippen molar-refractivity contribution in [3.8, 4) is 5.75 Å². The van der Waals surface area contributed by atoms with Gasteiger partial charge in [-0.25, -0.2) is 8.42 Å². The molecule has 0 aliphatic rings. The zero-order chi connectivity index (χ0) is 30.8. The number of amides is 2. The fraction of sp³-hybridized carbons (Fsp3) is 0.212. The van der Waals surface area contributed by atoms with Crippen molar-refractivity contribution in [3.05, 3.63) is 125 Å². The van der Waals surface area contributed by atoms with Crippen LogP contribution in [0.25, 0.3) is 0 Å². The van der Waals surface area contributed by atoms with Crippen molar-refractivity contribution in [1.29, 1.82) is 0 Å². The second-order valence-electron chi connectivity index (χ2n) is 9.75. The molecule has 0 bridgehead atoms. The summed E-state index contributed by atoms with van der Waals surface area (Å²) in [6.45, 7) is 1.61. The van der Waals surface area contributed by atoms with Crippen molar-refractivity contribution in [2.45, 2.75) is 30.8 Å². The van der Waals surface area contributed by atoms with Gasteiger partial charge < -0.3 is 15.0 Å². The smallest absolute Gasteiger partial charge is 0.264 e. The van der Waals surface area contributed by atoms with Crippen molar-refractivity contribution in [3.63, 3.8) is 0 Å². The van der Waals surface area contributed by atoms with E-state index in [0.29, 0.717) is 17.9 Å². The lowest BCUT2D eigenvalue weighted by molar-refractivity contribution is -0.140. The molecular weight excluding hydrogens is 586 g/mol. The number of anilines is 1. The number of methoxy groups -OCH3 is 1. The average molecular weight is 620 g/mol. The number of ether oxygens (including phenoxy) is 1. The number of halogens is 1. The molecule has 0 aromatic heterocycles. The molecule has 0 aliphatic carbocycles. The van der Waals surface area contributed by atoms with Crippen LogP contribution < -0.4 is 14.4 Å². The fourth-order valence-electron chi connectivity index (χ4n) is 4.70. The van der Waals surface area contributed by atoms with Gasteiger partial charge in [-0.1, -0.05) is 84.4 Å². The summed E-state index contributed by atoms with van der Waals surface area (Å²) in [4.78, 5) is 29.4. The van der Waals surface area contributed by atoms with Crippen LogP contribution in [0.1, 0.15) is 18.1 Å². The number of nitrogens with one attached hydrogen (secondary N) is 1. The molecule has 0 heterocycles. The average Bonchev–Trinajstić information content (AvgIpc) is 3.03. The number of hydrogen-bond acceptors (Lipinski definition) is 5. The topological polar surface area (TPSA) is 96.0 Å². The first kappa shape index (κ1) is 31.6. The maximum absolute atomic E-state index is 14.4. The van der Waals surface area contributed by atoms with E-state index >= 15 is 0 Å². The lowest BCUT2D eigenvalue weighted by atomic mass is 10.0. The van der Waals surface area contributed by atoms with Crippen LogP contribution in [-0.4, -0.2) is 51.4 Å². The SMILES string of the molecule is CCNC(=O)[C@H](Cc1ccccc1)N(Cc1cccc(OC)c1)C(=O)CN(c1ccccc1Cl)S(=O)(=O)c1ccccc1. The summed E-state index contributed by atoms with van der Waals surface area (Å²) in [5.74, 6) is -0.334. The predicted molar refractivity (Wildman–Crippen MR) is 169 cm³/mol. The molecule has 8 nitrogen and oxygen atoms in total. The molecule has 0 saturated carbocycles. The zero-order valence-electron chi connectivity index (χ0n) is 24.0. The lowest BCUT2D eigenvalue weighted by Crippen LogP contribution is -2.53. The Labute approximate surface area is 257 Å². The molecule has 0 aliphatic heterocycles. The van der Waals surface area contributed by atoms with E-state index in [2.05, 4.69) is 5.32 Å². The summed E-state index contributed by atoms with van der Waals surface area (Å²) in [5, 5.41) is 3.01. The van der Waals surface area contributed by atoms with Crippen molar-refractivity contribution in [1.82, 2.24) is 10.2 Å². The Morgan fingerprint density at radius 1 is 0.860 bits per heavy atom. The summed E-state index contributed by atoms with van der Waals surface area (Å²) in [5.41, 5.74) is 1.72. The Morgan fingerprint density at radius 3 is 2.14 bits per heavy atom. The van der Waals surface area contributed by atoms with Gasteiger partial charge in [-0.15, -0.1) is 0 Å². The molecule has 0 radical (unpaired) electrons. The van der Waals surface area contributed by atoms with Crippen molar-refractivity contribution in [2.24, 2.45) is 0 Å². The van der Waals surface area contributed by atoms with Gasteiger partial charge in [-0.2, -0.15) is 0 Å². The first-order valence-electron chi connectivity index (χ1n) is 13.8. The van der Waals surface area contributed by atoms with Gasteiger partial charge in [-0.3, -0.25) is 13.9 Å². The Morgan fingerprint density at radius 2 is 1.49 bits per heavy atom. The van der Waals surface area contributed by atoms with Gasteiger partial charge in [0, 0.05) is 19.5 Å². The third-order valence-electron chi connectivity index (χ3n) is 6.84. The van der Waals surface area contributed by atoms with Gasteiger partial charge in [0.05, 0.1) is 22.7 Å². The molecule has 4 aromatic carbocycles. The standard InChI is InChI=1S/C33H34ClN3O5S/c1-3-35-33(39)31(22-25-13-6-4-7-14-25)36(23-26-15-12-16-27(21-26)42-2)32(38)24-37(30-20-11-10-19-29(30)34)43(40,41)28-17-8-5-9-18-28/h4-21,31H,3,22-24H2,1-2H3,(H,35,39)/t31-/m0/s1. The van der Waals surface area contributed by atoms with Gasteiger partial charge in [0.2, 0.25) is 11.8 Å². The summed E-state index contributed by atoms with van der Waals surface area (Å²) in [6, 6.07) is 29.9. The maximum Gasteiger partial charge on any atom is 0.264 e.